The number of imide groups is 1. The molecule has 2 aromatic carbocycles. The largest absolute Gasteiger partial charge is 0.322 e. The molecule has 1 aliphatic rings. The molecule has 0 aromatic heterocycles. The zero-order valence-corrected chi connectivity index (χ0v) is 14.7. The highest BCUT2D eigenvalue weighted by Gasteiger charge is 2.35. The van der Waals surface area contributed by atoms with Crippen molar-refractivity contribution < 1.29 is 14.4 Å². The number of hydrogen-bond acceptors (Lipinski definition) is 3. The zero-order chi connectivity index (χ0) is 18.7. The maximum Gasteiger partial charge on any atom is 0.261 e. The summed E-state index contributed by atoms with van der Waals surface area (Å²) >= 11 is 0. The lowest BCUT2D eigenvalue weighted by Crippen LogP contribution is -2.33. The maximum atomic E-state index is 12.5. The van der Waals surface area contributed by atoms with Crippen LogP contribution >= 0.6 is 0 Å². The van der Waals surface area contributed by atoms with Crippen LogP contribution in [0, 0.1) is 5.92 Å². The summed E-state index contributed by atoms with van der Waals surface area (Å²) in [4.78, 5) is 38.2. The van der Waals surface area contributed by atoms with E-state index < -0.39 is 0 Å². The summed E-state index contributed by atoms with van der Waals surface area (Å²) in [5.74, 6) is -0.695. The molecule has 0 saturated carbocycles. The molecule has 5 heteroatoms. The molecule has 0 unspecified atom stereocenters. The van der Waals surface area contributed by atoms with Gasteiger partial charge in [-0.1, -0.05) is 44.2 Å². The number of carbonyl (C=O) groups is 3. The highest BCUT2D eigenvalue weighted by atomic mass is 16.2. The van der Waals surface area contributed by atoms with Gasteiger partial charge in [-0.3, -0.25) is 19.3 Å². The van der Waals surface area contributed by atoms with Gasteiger partial charge in [-0.25, -0.2) is 0 Å². The predicted octanol–water partition coefficient (Wildman–Crippen LogP) is 3.59. The standard InChI is InChI=1S/C21H20N2O3/c1-14(2)13-23-20(25)17-10-9-16(12-18(17)21(23)26)22-19(24)11-8-15-6-4-3-5-7-15/h3-12,14H,13H2,1-2H3,(H,22,24)/b11-8+. The minimum absolute atomic E-state index is 0.194. The maximum absolute atomic E-state index is 12.5. The predicted molar refractivity (Wildman–Crippen MR) is 101 cm³/mol. The Labute approximate surface area is 152 Å². The molecular formula is C21H20N2O3. The van der Waals surface area contributed by atoms with Gasteiger partial charge in [-0.15, -0.1) is 0 Å². The third-order valence-corrected chi connectivity index (χ3v) is 4.01. The van der Waals surface area contributed by atoms with Crippen molar-refractivity contribution in [2.75, 3.05) is 11.9 Å². The molecule has 2 aromatic rings. The van der Waals surface area contributed by atoms with Gasteiger partial charge >= 0.3 is 0 Å². The minimum atomic E-state index is -0.311. The van der Waals surface area contributed by atoms with Gasteiger partial charge in [-0.05, 0) is 35.8 Å². The third kappa shape index (κ3) is 3.72. The van der Waals surface area contributed by atoms with Gasteiger partial charge in [0, 0.05) is 18.3 Å². The number of hydrogen-bond donors (Lipinski definition) is 1. The molecule has 1 aliphatic heterocycles. The Balaban J connectivity index is 1.73. The van der Waals surface area contributed by atoms with Crippen LogP contribution in [0.4, 0.5) is 5.69 Å². The highest BCUT2D eigenvalue weighted by Crippen LogP contribution is 2.26. The first-order valence-electron chi connectivity index (χ1n) is 8.50. The molecule has 132 valence electrons. The first-order valence-corrected chi connectivity index (χ1v) is 8.50. The molecule has 1 N–H and O–H groups in total. The number of nitrogens with zero attached hydrogens (tertiary/aromatic N) is 1. The van der Waals surface area contributed by atoms with Crippen molar-refractivity contribution in [2.24, 2.45) is 5.92 Å². The smallest absolute Gasteiger partial charge is 0.261 e. The Bertz CT molecular complexity index is 885. The second-order valence-corrected chi connectivity index (χ2v) is 6.61. The van der Waals surface area contributed by atoms with E-state index in [9.17, 15) is 14.4 Å². The number of anilines is 1. The van der Waals surface area contributed by atoms with Crippen molar-refractivity contribution in [1.82, 2.24) is 4.90 Å². The average molecular weight is 348 g/mol. The fourth-order valence-electron chi connectivity index (χ4n) is 2.82. The lowest BCUT2D eigenvalue weighted by Gasteiger charge is -2.15. The van der Waals surface area contributed by atoms with Crippen LogP contribution in [-0.4, -0.2) is 29.2 Å². The molecule has 0 radical (unpaired) electrons. The lowest BCUT2D eigenvalue weighted by atomic mass is 10.1. The van der Waals surface area contributed by atoms with E-state index in [1.54, 1.807) is 24.3 Å². The molecule has 0 bridgehead atoms. The van der Waals surface area contributed by atoms with Crippen LogP contribution in [0.5, 0.6) is 0 Å². The Kier molecular flexibility index (Phi) is 4.98. The van der Waals surface area contributed by atoms with Gasteiger partial charge in [0.25, 0.3) is 11.8 Å². The van der Waals surface area contributed by atoms with Crippen LogP contribution in [-0.2, 0) is 4.79 Å². The second-order valence-electron chi connectivity index (χ2n) is 6.61. The number of nitrogens with one attached hydrogen (secondary N) is 1. The van der Waals surface area contributed by atoms with Gasteiger partial charge in [0.1, 0.15) is 0 Å². The number of fused-ring (bicyclic) bond motifs is 1. The molecule has 0 aliphatic carbocycles. The van der Waals surface area contributed by atoms with E-state index in [2.05, 4.69) is 5.32 Å². The molecule has 0 fully saturated rings. The van der Waals surface area contributed by atoms with E-state index in [-0.39, 0.29) is 23.6 Å². The van der Waals surface area contributed by atoms with Crippen molar-refractivity contribution in [3.63, 3.8) is 0 Å². The molecule has 26 heavy (non-hydrogen) atoms. The summed E-state index contributed by atoms with van der Waals surface area (Å²) in [6.07, 6.45) is 3.14. The van der Waals surface area contributed by atoms with Gasteiger partial charge in [0.2, 0.25) is 5.91 Å². The molecular weight excluding hydrogens is 328 g/mol. The van der Waals surface area contributed by atoms with Crippen molar-refractivity contribution in [3.05, 3.63) is 71.3 Å². The minimum Gasteiger partial charge on any atom is -0.322 e. The molecule has 3 rings (SSSR count). The summed E-state index contributed by atoms with van der Waals surface area (Å²) in [6.45, 7) is 4.29. The summed E-state index contributed by atoms with van der Waals surface area (Å²) in [6, 6.07) is 14.3. The van der Waals surface area contributed by atoms with E-state index in [1.807, 2.05) is 44.2 Å². The van der Waals surface area contributed by atoms with E-state index >= 15 is 0 Å². The van der Waals surface area contributed by atoms with Crippen molar-refractivity contribution in [2.45, 2.75) is 13.8 Å². The Hall–Kier alpha value is -3.21. The molecule has 5 nitrogen and oxygen atoms in total. The number of benzene rings is 2. The van der Waals surface area contributed by atoms with E-state index in [0.29, 0.717) is 23.4 Å². The fourth-order valence-corrected chi connectivity index (χ4v) is 2.82. The molecule has 0 atom stereocenters. The molecule has 1 heterocycles. The van der Waals surface area contributed by atoms with E-state index in [0.717, 1.165) is 5.56 Å². The summed E-state index contributed by atoms with van der Waals surface area (Å²) in [7, 11) is 0. The Morgan fingerprint density at radius 1 is 1.04 bits per heavy atom. The van der Waals surface area contributed by atoms with Crippen LogP contribution in [0.3, 0.4) is 0 Å². The van der Waals surface area contributed by atoms with Crippen molar-refractivity contribution in [1.29, 1.82) is 0 Å². The van der Waals surface area contributed by atoms with Crippen LogP contribution in [0.15, 0.2) is 54.6 Å². The Morgan fingerprint density at radius 2 is 1.73 bits per heavy atom. The summed E-state index contributed by atoms with van der Waals surface area (Å²) in [5.41, 5.74) is 2.12. The quantitative estimate of drug-likeness (QED) is 0.663. The number of carbonyl (C=O) groups excluding carboxylic acids is 3. The van der Waals surface area contributed by atoms with Gasteiger partial charge < -0.3 is 5.32 Å². The van der Waals surface area contributed by atoms with Crippen LogP contribution < -0.4 is 5.32 Å². The first-order chi connectivity index (χ1) is 12.5. The van der Waals surface area contributed by atoms with E-state index in [4.69, 9.17) is 0 Å². The molecule has 3 amide bonds. The van der Waals surface area contributed by atoms with Gasteiger partial charge in [0.15, 0.2) is 0 Å². The van der Waals surface area contributed by atoms with Gasteiger partial charge in [0.05, 0.1) is 11.1 Å². The summed E-state index contributed by atoms with van der Waals surface area (Å²) in [5, 5.41) is 2.73. The van der Waals surface area contributed by atoms with E-state index in [1.165, 1.54) is 11.0 Å². The fraction of sp³-hybridized carbons (Fsp3) is 0.190. The highest BCUT2D eigenvalue weighted by molar-refractivity contribution is 6.22. The molecule has 0 spiro atoms. The zero-order valence-electron chi connectivity index (χ0n) is 14.7. The monoisotopic (exact) mass is 348 g/mol. The Morgan fingerprint density at radius 3 is 2.42 bits per heavy atom. The summed E-state index contributed by atoms with van der Waals surface area (Å²) < 4.78 is 0. The van der Waals surface area contributed by atoms with Crippen molar-refractivity contribution >= 4 is 29.5 Å². The van der Waals surface area contributed by atoms with Crippen LogP contribution in [0.1, 0.15) is 40.1 Å². The van der Waals surface area contributed by atoms with Crippen molar-refractivity contribution in [3.8, 4) is 0 Å². The number of rotatable bonds is 5. The topological polar surface area (TPSA) is 66.5 Å². The normalized spacial score (nSPS) is 13.6. The number of amides is 3. The van der Waals surface area contributed by atoms with Gasteiger partial charge in [-0.2, -0.15) is 0 Å². The van der Waals surface area contributed by atoms with Crippen LogP contribution in [0.25, 0.3) is 6.08 Å². The first kappa shape index (κ1) is 17.6. The lowest BCUT2D eigenvalue weighted by molar-refractivity contribution is -0.111. The molecule has 0 saturated heterocycles. The second kappa shape index (κ2) is 7.35. The third-order valence-electron chi connectivity index (χ3n) is 4.01. The SMILES string of the molecule is CC(C)CN1C(=O)c2ccc(NC(=O)/C=C/c3ccccc3)cc2C1=O. The van der Waals surface area contributed by atoms with Crippen LogP contribution in [0.2, 0.25) is 0 Å². The average Bonchev–Trinajstić information content (AvgIpc) is 2.85.